The van der Waals surface area contributed by atoms with Crippen LogP contribution in [0.1, 0.15) is 5.56 Å². The Kier molecular flexibility index (Phi) is 5.03. The molecule has 0 bridgehead atoms. The van der Waals surface area contributed by atoms with E-state index in [-0.39, 0.29) is 5.56 Å². The molecule has 2 aromatic carbocycles. The predicted octanol–water partition coefficient (Wildman–Crippen LogP) is 3.02. The van der Waals surface area contributed by atoms with Gasteiger partial charge in [-0.2, -0.15) is 13.7 Å². The van der Waals surface area contributed by atoms with Crippen LogP contribution >= 0.6 is 0 Å². The molecule has 0 aliphatic carbocycles. The Labute approximate surface area is 137 Å². The second-order valence-corrected chi connectivity index (χ2v) is 5.81. The zero-order chi connectivity index (χ0) is 18.8. The lowest BCUT2D eigenvalue weighted by Gasteiger charge is -2.07. The molecule has 0 aliphatic heterocycles. The molecule has 25 heavy (non-hydrogen) atoms. The monoisotopic (exact) mass is 376 g/mol. The first-order chi connectivity index (χ1) is 11.7. The summed E-state index contributed by atoms with van der Waals surface area (Å²) in [5, 5.41) is 11.8. The molecule has 0 saturated carbocycles. The fourth-order valence-corrected chi connectivity index (χ4v) is 2.53. The van der Waals surface area contributed by atoms with E-state index in [0.717, 1.165) is 0 Å². The summed E-state index contributed by atoms with van der Waals surface area (Å²) in [5.74, 6) is -12.7. The van der Waals surface area contributed by atoms with Gasteiger partial charge in [0.05, 0.1) is 0 Å². The van der Waals surface area contributed by atoms with Crippen LogP contribution in [0.2, 0.25) is 0 Å². The topological polar surface area (TPSA) is 79.5 Å². The van der Waals surface area contributed by atoms with Gasteiger partial charge in [-0.3, -0.25) is 4.28 Å². The Hall–Kier alpha value is -3.00. The minimum atomic E-state index is -5.53. The standard InChI is InChI=1S/C14H5F5N2O3S/c15-9-10(16)12(18)14(13(19)11(9)17)25(22,23)24-21-8(6-20)7-4-2-1-3-5-7/h1-5H/b21-8+. The summed E-state index contributed by atoms with van der Waals surface area (Å²) in [4.78, 5) is -2.21. The summed E-state index contributed by atoms with van der Waals surface area (Å²) < 4.78 is 93.7. The number of nitrogens with zero attached hydrogens (tertiary/aromatic N) is 2. The van der Waals surface area contributed by atoms with E-state index in [4.69, 9.17) is 5.26 Å². The summed E-state index contributed by atoms with van der Waals surface area (Å²) in [7, 11) is -5.53. The van der Waals surface area contributed by atoms with Gasteiger partial charge in [-0.15, -0.1) is 0 Å². The smallest absolute Gasteiger partial charge is 0.263 e. The van der Waals surface area contributed by atoms with Gasteiger partial charge < -0.3 is 0 Å². The van der Waals surface area contributed by atoms with E-state index >= 15 is 0 Å². The third-order valence-electron chi connectivity index (χ3n) is 2.80. The van der Waals surface area contributed by atoms with Crippen molar-refractivity contribution >= 4 is 15.8 Å². The van der Waals surface area contributed by atoms with Crippen LogP contribution in [0.5, 0.6) is 0 Å². The molecule has 0 fully saturated rings. The van der Waals surface area contributed by atoms with Crippen LogP contribution < -0.4 is 0 Å². The van der Waals surface area contributed by atoms with E-state index in [2.05, 4.69) is 9.44 Å². The second-order valence-electron chi connectivity index (χ2n) is 4.35. The molecule has 0 aliphatic rings. The highest BCUT2D eigenvalue weighted by Gasteiger charge is 2.35. The Morgan fingerprint density at radius 2 is 1.40 bits per heavy atom. The van der Waals surface area contributed by atoms with E-state index in [9.17, 15) is 30.4 Å². The Morgan fingerprint density at radius 3 is 1.88 bits per heavy atom. The number of nitriles is 1. The third kappa shape index (κ3) is 3.43. The molecular formula is C14H5F5N2O3S. The van der Waals surface area contributed by atoms with Crippen LogP contribution in [0.25, 0.3) is 0 Å². The first-order valence-corrected chi connectivity index (χ1v) is 7.60. The molecule has 0 heterocycles. The number of benzene rings is 2. The molecule has 2 aromatic rings. The number of hydrogen-bond acceptors (Lipinski definition) is 5. The highest BCUT2D eigenvalue weighted by Crippen LogP contribution is 2.28. The highest BCUT2D eigenvalue weighted by molar-refractivity contribution is 7.86. The fourth-order valence-electron chi connectivity index (χ4n) is 1.66. The van der Waals surface area contributed by atoms with Crippen LogP contribution in [-0.2, 0) is 14.4 Å². The molecule has 2 rings (SSSR count). The molecule has 130 valence electrons. The molecule has 0 saturated heterocycles. The van der Waals surface area contributed by atoms with Crippen molar-refractivity contribution < 1.29 is 34.7 Å². The quantitative estimate of drug-likeness (QED) is 0.270. The Morgan fingerprint density at radius 1 is 0.920 bits per heavy atom. The SMILES string of the molecule is N#C/C(=N\OS(=O)(=O)c1c(F)c(F)c(F)c(F)c1F)c1ccccc1. The zero-order valence-corrected chi connectivity index (χ0v) is 12.6. The maximum atomic E-state index is 13.5. The van der Waals surface area contributed by atoms with Gasteiger partial charge in [-0.05, 0) is 0 Å². The molecule has 11 heteroatoms. The summed E-state index contributed by atoms with van der Waals surface area (Å²) in [6.07, 6.45) is 0. The molecule has 0 N–H and O–H groups in total. The van der Waals surface area contributed by atoms with Crippen molar-refractivity contribution in [3.63, 3.8) is 0 Å². The van der Waals surface area contributed by atoms with E-state index < -0.39 is 49.8 Å². The fraction of sp³-hybridized carbons (Fsp3) is 0. The average Bonchev–Trinajstić information content (AvgIpc) is 2.59. The summed E-state index contributed by atoms with van der Waals surface area (Å²) in [6.45, 7) is 0. The van der Waals surface area contributed by atoms with Gasteiger partial charge in [-0.25, -0.2) is 22.0 Å². The lowest BCUT2D eigenvalue weighted by molar-refractivity contribution is 0.318. The Bertz CT molecular complexity index is 972. The van der Waals surface area contributed by atoms with Crippen molar-refractivity contribution in [3.8, 4) is 6.07 Å². The van der Waals surface area contributed by atoms with E-state index in [1.807, 2.05) is 0 Å². The van der Waals surface area contributed by atoms with Crippen LogP contribution in [0.15, 0.2) is 40.4 Å². The average molecular weight is 376 g/mol. The van der Waals surface area contributed by atoms with Gasteiger partial charge >= 0.3 is 10.1 Å². The van der Waals surface area contributed by atoms with Crippen LogP contribution in [0.4, 0.5) is 22.0 Å². The molecule has 0 spiro atoms. The van der Waals surface area contributed by atoms with E-state index in [1.165, 1.54) is 30.3 Å². The van der Waals surface area contributed by atoms with Gasteiger partial charge in [-0.1, -0.05) is 35.5 Å². The summed E-state index contributed by atoms with van der Waals surface area (Å²) in [6, 6.07) is 8.68. The molecule has 0 radical (unpaired) electrons. The molecule has 0 unspecified atom stereocenters. The first-order valence-electron chi connectivity index (χ1n) is 6.19. The normalized spacial score (nSPS) is 11.9. The number of halogens is 5. The Balaban J connectivity index is 2.51. The maximum Gasteiger partial charge on any atom is 0.364 e. The van der Waals surface area contributed by atoms with Crippen LogP contribution in [0, 0.1) is 40.4 Å². The van der Waals surface area contributed by atoms with Crippen molar-refractivity contribution in [1.82, 2.24) is 0 Å². The van der Waals surface area contributed by atoms with Crippen LogP contribution in [0.3, 0.4) is 0 Å². The van der Waals surface area contributed by atoms with Gasteiger partial charge in [0.1, 0.15) is 6.07 Å². The van der Waals surface area contributed by atoms with Gasteiger partial charge in [0.25, 0.3) is 0 Å². The largest absolute Gasteiger partial charge is 0.364 e. The van der Waals surface area contributed by atoms with E-state index in [0.29, 0.717) is 0 Å². The number of hydrogen-bond donors (Lipinski definition) is 0. The predicted molar refractivity (Wildman–Crippen MR) is 73.1 cm³/mol. The summed E-state index contributed by atoms with van der Waals surface area (Å²) in [5.41, 5.74) is -0.509. The van der Waals surface area contributed by atoms with Gasteiger partial charge in [0, 0.05) is 5.56 Å². The third-order valence-corrected chi connectivity index (χ3v) is 3.93. The minimum Gasteiger partial charge on any atom is -0.263 e. The number of rotatable bonds is 4. The van der Waals surface area contributed by atoms with E-state index in [1.54, 1.807) is 6.07 Å². The lowest BCUT2D eigenvalue weighted by atomic mass is 10.1. The van der Waals surface area contributed by atoms with Crippen molar-refractivity contribution in [2.24, 2.45) is 5.16 Å². The molecule has 0 atom stereocenters. The lowest BCUT2D eigenvalue weighted by Crippen LogP contribution is -2.14. The second kappa shape index (κ2) is 6.86. The van der Waals surface area contributed by atoms with Crippen molar-refractivity contribution in [2.75, 3.05) is 0 Å². The first kappa shape index (κ1) is 18.3. The van der Waals surface area contributed by atoms with Crippen molar-refractivity contribution in [2.45, 2.75) is 4.90 Å². The number of oxime groups is 1. The van der Waals surface area contributed by atoms with Gasteiger partial charge in [0.2, 0.25) is 5.82 Å². The summed E-state index contributed by atoms with van der Waals surface area (Å²) >= 11 is 0. The van der Waals surface area contributed by atoms with Crippen molar-refractivity contribution in [3.05, 3.63) is 65.0 Å². The molecule has 0 amide bonds. The molecule has 5 nitrogen and oxygen atoms in total. The highest BCUT2D eigenvalue weighted by atomic mass is 32.2. The van der Waals surface area contributed by atoms with Gasteiger partial charge in [0.15, 0.2) is 33.9 Å². The molecular weight excluding hydrogens is 371 g/mol. The van der Waals surface area contributed by atoms with Crippen LogP contribution in [-0.4, -0.2) is 14.1 Å². The minimum absolute atomic E-state index is 0.0950. The zero-order valence-electron chi connectivity index (χ0n) is 11.8. The van der Waals surface area contributed by atoms with Crippen molar-refractivity contribution in [1.29, 1.82) is 5.26 Å². The maximum absolute atomic E-state index is 13.5. The molecule has 0 aromatic heterocycles.